The highest BCUT2D eigenvalue weighted by Gasteiger charge is 2.17. The molecule has 1 rings (SSSR count). The van der Waals surface area contributed by atoms with E-state index in [1.165, 1.54) is 0 Å². The van der Waals surface area contributed by atoms with Crippen molar-refractivity contribution in [2.75, 3.05) is 21.2 Å². The number of hydrogen-bond donors (Lipinski definition) is 0. The van der Waals surface area contributed by atoms with Crippen molar-refractivity contribution < 1.29 is 9.53 Å². The smallest absolute Gasteiger partial charge is 0.257 e. The summed E-state index contributed by atoms with van der Waals surface area (Å²) in [4.78, 5) is 13.5. The Morgan fingerprint density at radius 2 is 2.07 bits per heavy atom. The summed E-state index contributed by atoms with van der Waals surface area (Å²) in [7, 11) is 5.07. The van der Waals surface area contributed by atoms with Gasteiger partial charge >= 0.3 is 0 Å². The molecule has 0 N–H and O–H groups in total. The number of carbonyl (C=O) groups is 1. The van der Waals surface area contributed by atoms with Gasteiger partial charge in [-0.1, -0.05) is 19.1 Å². The molecule has 0 fully saturated rings. The van der Waals surface area contributed by atoms with E-state index in [4.69, 9.17) is 4.74 Å². The van der Waals surface area contributed by atoms with E-state index in [1.54, 1.807) is 26.1 Å². The summed E-state index contributed by atoms with van der Waals surface area (Å²) in [5.74, 6) is 0.636. The van der Waals surface area contributed by atoms with Gasteiger partial charge in [0.25, 0.3) is 5.91 Å². The average Bonchev–Trinajstić information content (AvgIpc) is 2.26. The Morgan fingerprint density at radius 3 is 2.53 bits per heavy atom. The molecule has 0 saturated carbocycles. The number of carbonyl (C=O) groups excluding carboxylic acids is 1. The largest absolute Gasteiger partial charge is 0.496 e. The van der Waals surface area contributed by atoms with Crippen molar-refractivity contribution in [3.8, 4) is 5.75 Å². The Labute approximate surface area is 90.7 Å². The second kappa shape index (κ2) is 4.82. The molecular formula is C12H17NO2. The number of benzene rings is 1. The molecule has 0 aliphatic heterocycles. The number of methoxy groups -OCH3 is 1. The van der Waals surface area contributed by atoms with Crippen molar-refractivity contribution in [3.63, 3.8) is 0 Å². The van der Waals surface area contributed by atoms with Crippen LogP contribution in [-0.2, 0) is 6.42 Å². The lowest BCUT2D eigenvalue weighted by Gasteiger charge is -2.16. The Morgan fingerprint density at radius 1 is 1.40 bits per heavy atom. The van der Waals surface area contributed by atoms with Crippen LogP contribution >= 0.6 is 0 Å². The molecular weight excluding hydrogens is 190 g/mol. The van der Waals surface area contributed by atoms with Gasteiger partial charge in [0.15, 0.2) is 0 Å². The van der Waals surface area contributed by atoms with Crippen LogP contribution in [0.15, 0.2) is 18.2 Å². The fraction of sp³-hybridized carbons (Fsp3) is 0.417. The Bertz CT molecular complexity index is 336. The highest BCUT2D eigenvalue weighted by atomic mass is 16.5. The van der Waals surface area contributed by atoms with Gasteiger partial charge in [-0.2, -0.15) is 0 Å². The highest BCUT2D eigenvalue weighted by molar-refractivity contribution is 5.98. The molecule has 0 aliphatic carbocycles. The fourth-order valence-electron chi connectivity index (χ4n) is 1.51. The summed E-state index contributed by atoms with van der Waals surface area (Å²) >= 11 is 0. The lowest BCUT2D eigenvalue weighted by molar-refractivity contribution is 0.0823. The van der Waals surface area contributed by atoms with Gasteiger partial charge in [0.1, 0.15) is 5.75 Å². The van der Waals surface area contributed by atoms with Gasteiger partial charge in [-0.15, -0.1) is 0 Å². The van der Waals surface area contributed by atoms with Crippen LogP contribution in [0.5, 0.6) is 5.75 Å². The Balaban J connectivity index is 3.28. The van der Waals surface area contributed by atoms with Crippen LogP contribution in [0.3, 0.4) is 0 Å². The molecule has 1 aromatic rings. The van der Waals surface area contributed by atoms with Crippen LogP contribution in [0.25, 0.3) is 0 Å². The molecule has 3 heteroatoms. The third-order valence-corrected chi connectivity index (χ3v) is 2.33. The number of amides is 1. The zero-order valence-corrected chi connectivity index (χ0v) is 9.70. The summed E-state index contributed by atoms with van der Waals surface area (Å²) in [6.45, 7) is 2.03. The zero-order chi connectivity index (χ0) is 11.4. The van der Waals surface area contributed by atoms with Crippen LogP contribution in [0.4, 0.5) is 0 Å². The molecule has 0 saturated heterocycles. The van der Waals surface area contributed by atoms with Crippen molar-refractivity contribution in [2.24, 2.45) is 0 Å². The van der Waals surface area contributed by atoms with Gasteiger partial charge in [-0.3, -0.25) is 4.79 Å². The first-order valence-electron chi connectivity index (χ1n) is 4.99. The monoisotopic (exact) mass is 207 g/mol. The Kier molecular flexibility index (Phi) is 3.72. The van der Waals surface area contributed by atoms with E-state index in [0.717, 1.165) is 12.0 Å². The van der Waals surface area contributed by atoms with Crippen molar-refractivity contribution in [3.05, 3.63) is 29.3 Å². The number of nitrogens with zero attached hydrogens (tertiary/aromatic N) is 1. The predicted molar refractivity (Wildman–Crippen MR) is 60.4 cm³/mol. The van der Waals surface area contributed by atoms with Gasteiger partial charge in [0, 0.05) is 14.1 Å². The van der Waals surface area contributed by atoms with Crippen LogP contribution in [0.2, 0.25) is 0 Å². The quantitative estimate of drug-likeness (QED) is 0.758. The summed E-state index contributed by atoms with van der Waals surface area (Å²) in [6, 6.07) is 5.68. The van der Waals surface area contributed by atoms with E-state index in [0.29, 0.717) is 11.3 Å². The zero-order valence-electron chi connectivity index (χ0n) is 9.70. The molecule has 1 aromatic carbocycles. The molecule has 0 spiro atoms. The highest BCUT2D eigenvalue weighted by Crippen LogP contribution is 2.23. The average molecular weight is 207 g/mol. The molecule has 0 atom stereocenters. The number of aryl methyl sites for hydroxylation is 1. The number of hydrogen-bond acceptors (Lipinski definition) is 2. The lowest BCUT2D eigenvalue weighted by Crippen LogP contribution is -2.23. The summed E-state index contributed by atoms with van der Waals surface area (Å²) < 4.78 is 5.21. The van der Waals surface area contributed by atoms with Crippen molar-refractivity contribution in [1.82, 2.24) is 4.90 Å². The van der Waals surface area contributed by atoms with Crippen molar-refractivity contribution in [2.45, 2.75) is 13.3 Å². The second-order valence-corrected chi connectivity index (χ2v) is 3.55. The normalized spacial score (nSPS) is 9.87. The molecule has 3 nitrogen and oxygen atoms in total. The summed E-state index contributed by atoms with van der Waals surface area (Å²) in [6.07, 6.45) is 0.826. The van der Waals surface area contributed by atoms with Crippen LogP contribution < -0.4 is 4.74 Å². The molecule has 0 unspecified atom stereocenters. The van der Waals surface area contributed by atoms with Gasteiger partial charge in [0.05, 0.1) is 12.7 Å². The van der Waals surface area contributed by atoms with E-state index in [1.807, 2.05) is 25.1 Å². The SMILES string of the molecule is CCc1cccc(OC)c1C(=O)N(C)C. The van der Waals surface area contributed by atoms with Gasteiger partial charge < -0.3 is 9.64 Å². The van der Waals surface area contributed by atoms with Crippen molar-refractivity contribution in [1.29, 1.82) is 0 Å². The molecule has 1 amide bonds. The second-order valence-electron chi connectivity index (χ2n) is 3.55. The van der Waals surface area contributed by atoms with Crippen molar-refractivity contribution >= 4 is 5.91 Å². The fourth-order valence-corrected chi connectivity index (χ4v) is 1.51. The maximum atomic E-state index is 11.9. The lowest BCUT2D eigenvalue weighted by atomic mass is 10.0. The van der Waals surface area contributed by atoms with E-state index >= 15 is 0 Å². The molecule has 0 heterocycles. The predicted octanol–water partition coefficient (Wildman–Crippen LogP) is 1.96. The molecule has 0 aliphatic rings. The number of ether oxygens (including phenoxy) is 1. The third kappa shape index (κ3) is 2.29. The molecule has 0 bridgehead atoms. The van der Waals surface area contributed by atoms with Gasteiger partial charge in [0.2, 0.25) is 0 Å². The molecule has 0 aromatic heterocycles. The number of rotatable bonds is 3. The minimum absolute atomic E-state index is 0.00991. The van der Waals surface area contributed by atoms with E-state index in [2.05, 4.69) is 0 Å². The van der Waals surface area contributed by atoms with E-state index < -0.39 is 0 Å². The summed E-state index contributed by atoms with van der Waals surface area (Å²) in [5.41, 5.74) is 1.69. The maximum Gasteiger partial charge on any atom is 0.257 e. The summed E-state index contributed by atoms with van der Waals surface area (Å²) in [5, 5.41) is 0. The first-order valence-corrected chi connectivity index (χ1v) is 4.99. The molecule has 82 valence electrons. The maximum absolute atomic E-state index is 11.9. The van der Waals surface area contributed by atoms with E-state index in [-0.39, 0.29) is 5.91 Å². The van der Waals surface area contributed by atoms with Crippen LogP contribution in [-0.4, -0.2) is 32.0 Å². The minimum Gasteiger partial charge on any atom is -0.496 e. The van der Waals surface area contributed by atoms with Crippen LogP contribution in [0.1, 0.15) is 22.8 Å². The van der Waals surface area contributed by atoms with Crippen LogP contribution in [0, 0.1) is 0 Å². The first kappa shape index (κ1) is 11.6. The van der Waals surface area contributed by atoms with Gasteiger partial charge in [-0.25, -0.2) is 0 Å². The molecule has 15 heavy (non-hydrogen) atoms. The third-order valence-electron chi connectivity index (χ3n) is 2.33. The Hall–Kier alpha value is -1.51. The van der Waals surface area contributed by atoms with Gasteiger partial charge in [-0.05, 0) is 18.1 Å². The topological polar surface area (TPSA) is 29.5 Å². The standard InChI is InChI=1S/C12H17NO2/c1-5-9-7-6-8-10(15-4)11(9)12(14)13(2)3/h6-8H,5H2,1-4H3. The van der Waals surface area contributed by atoms with E-state index in [9.17, 15) is 4.79 Å². The minimum atomic E-state index is -0.00991. The first-order chi connectivity index (χ1) is 7.11. The molecule has 0 radical (unpaired) electrons.